The number of amides is 1. The second-order valence-corrected chi connectivity index (χ2v) is 8.95. The lowest BCUT2D eigenvalue weighted by Crippen LogP contribution is -2.35. The third-order valence-electron chi connectivity index (χ3n) is 2.95. The van der Waals surface area contributed by atoms with Gasteiger partial charge in [-0.3, -0.25) is 9.52 Å². The molecule has 1 amide bonds. The number of anilines is 1. The van der Waals surface area contributed by atoms with Crippen LogP contribution in [-0.4, -0.2) is 47.8 Å². The van der Waals surface area contributed by atoms with Gasteiger partial charge in [-0.2, -0.15) is 0 Å². The lowest BCUT2D eigenvalue weighted by atomic mass is 10.2. The van der Waals surface area contributed by atoms with Crippen molar-refractivity contribution in [1.29, 1.82) is 0 Å². The number of hydrogen-bond acceptors (Lipinski definition) is 5. The van der Waals surface area contributed by atoms with E-state index < -0.39 is 20.0 Å². The minimum absolute atomic E-state index is 0.0756. The summed E-state index contributed by atoms with van der Waals surface area (Å²) >= 11 is 0. The monoisotopic (exact) mass is 377 g/mol. The molecule has 1 aromatic rings. The van der Waals surface area contributed by atoms with Crippen LogP contribution in [0.15, 0.2) is 24.3 Å². The smallest absolute Gasteiger partial charge is 0.251 e. The molecular formula is C14H23N3O5S2. The maximum absolute atomic E-state index is 11.9. The molecule has 0 unspecified atom stereocenters. The fraction of sp³-hybridized carbons (Fsp3) is 0.500. The van der Waals surface area contributed by atoms with E-state index in [1.165, 1.54) is 24.3 Å². The number of carbonyl (C=O) groups is 1. The van der Waals surface area contributed by atoms with Crippen LogP contribution in [0.1, 0.15) is 30.1 Å². The van der Waals surface area contributed by atoms with Gasteiger partial charge in [-0.05, 0) is 30.7 Å². The highest BCUT2D eigenvalue weighted by Crippen LogP contribution is 2.10. The number of carbonyl (C=O) groups excluding carboxylic acids is 1. The molecule has 0 bridgehead atoms. The summed E-state index contributed by atoms with van der Waals surface area (Å²) in [6.45, 7) is 2.19. The Morgan fingerprint density at radius 1 is 1.04 bits per heavy atom. The largest absolute Gasteiger partial charge is 0.351 e. The molecule has 0 saturated heterocycles. The fourth-order valence-electron chi connectivity index (χ4n) is 1.79. The topological polar surface area (TPSA) is 121 Å². The highest BCUT2D eigenvalue weighted by Gasteiger charge is 2.10. The van der Waals surface area contributed by atoms with Gasteiger partial charge in [-0.15, -0.1) is 0 Å². The molecular weight excluding hydrogens is 354 g/mol. The summed E-state index contributed by atoms with van der Waals surface area (Å²) in [4.78, 5) is 11.9. The van der Waals surface area contributed by atoms with Crippen LogP contribution in [0.25, 0.3) is 0 Å². The Labute approximate surface area is 143 Å². The van der Waals surface area contributed by atoms with Crippen LogP contribution in [0.2, 0.25) is 0 Å². The Kier molecular flexibility index (Phi) is 7.64. The summed E-state index contributed by atoms with van der Waals surface area (Å²) in [5.74, 6) is -0.291. The molecule has 24 heavy (non-hydrogen) atoms. The average Bonchev–Trinajstić information content (AvgIpc) is 2.48. The zero-order valence-corrected chi connectivity index (χ0v) is 15.3. The summed E-state index contributed by atoms with van der Waals surface area (Å²) in [6.07, 6.45) is 2.42. The van der Waals surface area contributed by atoms with Crippen molar-refractivity contribution in [2.75, 3.05) is 29.8 Å². The molecule has 0 heterocycles. The summed E-state index contributed by atoms with van der Waals surface area (Å²) in [6, 6.07) is 5.91. The van der Waals surface area contributed by atoms with Crippen LogP contribution in [0, 0.1) is 0 Å². The molecule has 136 valence electrons. The van der Waals surface area contributed by atoms with Gasteiger partial charge in [0.25, 0.3) is 5.91 Å². The summed E-state index contributed by atoms with van der Waals surface area (Å²) in [7, 11) is -6.66. The number of sulfonamides is 2. The summed E-state index contributed by atoms with van der Waals surface area (Å²) < 4.78 is 50.1. The maximum Gasteiger partial charge on any atom is 0.251 e. The van der Waals surface area contributed by atoms with Gasteiger partial charge in [0, 0.05) is 24.3 Å². The van der Waals surface area contributed by atoms with E-state index in [9.17, 15) is 21.6 Å². The molecule has 0 spiro atoms. The van der Waals surface area contributed by atoms with Gasteiger partial charge >= 0.3 is 0 Å². The quantitative estimate of drug-likeness (QED) is 0.513. The number of unbranched alkanes of at least 4 members (excludes halogenated alkanes) is 1. The van der Waals surface area contributed by atoms with Crippen molar-refractivity contribution in [3.63, 3.8) is 0 Å². The van der Waals surface area contributed by atoms with E-state index in [0.717, 1.165) is 12.7 Å². The molecule has 0 aliphatic carbocycles. The van der Waals surface area contributed by atoms with Gasteiger partial charge in [0.1, 0.15) is 0 Å². The number of hydrogen-bond donors (Lipinski definition) is 3. The second kappa shape index (κ2) is 9.00. The SMILES string of the molecule is CCCCS(=O)(=O)NCCNC(=O)c1ccc(NS(C)(=O)=O)cc1. The first-order chi connectivity index (χ1) is 11.1. The van der Waals surface area contributed by atoms with Gasteiger partial charge < -0.3 is 5.32 Å². The van der Waals surface area contributed by atoms with Gasteiger partial charge in [0.15, 0.2) is 0 Å². The van der Waals surface area contributed by atoms with Gasteiger partial charge in [-0.25, -0.2) is 21.6 Å². The minimum Gasteiger partial charge on any atom is -0.351 e. The van der Waals surface area contributed by atoms with Crippen LogP contribution < -0.4 is 14.8 Å². The van der Waals surface area contributed by atoms with Crippen molar-refractivity contribution in [3.05, 3.63) is 29.8 Å². The van der Waals surface area contributed by atoms with Crippen molar-refractivity contribution in [1.82, 2.24) is 10.0 Å². The van der Waals surface area contributed by atoms with Crippen LogP contribution in [-0.2, 0) is 20.0 Å². The predicted molar refractivity (Wildman–Crippen MR) is 93.9 cm³/mol. The lowest BCUT2D eigenvalue weighted by Gasteiger charge is -2.08. The van der Waals surface area contributed by atoms with E-state index in [2.05, 4.69) is 14.8 Å². The Bertz CT molecular complexity index is 743. The van der Waals surface area contributed by atoms with Gasteiger partial charge in [0.05, 0.1) is 12.0 Å². The molecule has 0 atom stereocenters. The molecule has 0 fully saturated rings. The van der Waals surface area contributed by atoms with E-state index in [1.807, 2.05) is 6.92 Å². The maximum atomic E-state index is 11.9. The molecule has 1 aromatic carbocycles. The summed E-state index contributed by atoms with van der Waals surface area (Å²) in [5.41, 5.74) is 0.709. The third-order valence-corrected chi connectivity index (χ3v) is 5.03. The zero-order valence-electron chi connectivity index (χ0n) is 13.7. The standard InChI is InChI=1S/C14H23N3O5S2/c1-3-4-11-24(21,22)16-10-9-15-14(18)12-5-7-13(8-6-12)17-23(2,19)20/h5-8,16-17H,3-4,9-11H2,1-2H3,(H,15,18). The van der Waals surface area contributed by atoms with E-state index in [-0.39, 0.29) is 24.7 Å². The third kappa shape index (κ3) is 8.27. The molecule has 8 nitrogen and oxygen atoms in total. The molecule has 1 rings (SSSR count). The first-order valence-electron chi connectivity index (χ1n) is 7.46. The molecule has 10 heteroatoms. The highest BCUT2D eigenvalue weighted by molar-refractivity contribution is 7.92. The molecule has 0 aliphatic rings. The van der Waals surface area contributed by atoms with E-state index in [1.54, 1.807) is 0 Å². The molecule has 0 radical (unpaired) electrons. The Balaban J connectivity index is 2.43. The van der Waals surface area contributed by atoms with Crippen molar-refractivity contribution in [2.24, 2.45) is 0 Å². The molecule has 0 aliphatic heterocycles. The first-order valence-corrected chi connectivity index (χ1v) is 11.0. The Morgan fingerprint density at radius 2 is 1.67 bits per heavy atom. The first kappa shape index (κ1) is 20.4. The van der Waals surface area contributed by atoms with Crippen molar-refractivity contribution >= 4 is 31.6 Å². The molecule has 3 N–H and O–H groups in total. The van der Waals surface area contributed by atoms with Crippen molar-refractivity contribution in [2.45, 2.75) is 19.8 Å². The lowest BCUT2D eigenvalue weighted by molar-refractivity contribution is 0.0954. The second-order valence-electron chi connectivity index (χ2n) is 5.27. The van der Waals surface area contributed by atoms with Crippen LogP contribution in [0.3, 0.4) is 0 Å². The van der Waals surface area contributed by atoms with Crippen molar-refractivity contribution in [3.8, 4) is 0 Å². The molecule has 0 aromatic heterocycles. The van der Waals surface area contributed by atoms with Gasteiger partial charge in [-0.1, -0.05) is 13.3 Å². The van der Waals surface area contributed by atoms with Crippen LogP contribution in [0.4, 0.5) is 5.69 Å². The van der Waals surface area contributed by atoms with Crippen LogP contribution in [0.5, 0.6) is 0 Å². The van der Waals surface area contributed by atoms with Gasteiger partial charge in [0.2, 0.25) is 20.0 Å². The fourth-order valence-corrected chi connectivity index (χ4v) is 3.59. The van der Waals surface area contributed by atoms with Crippen LogP contribution >= 0.6 is 0 Å². The van der Waals surface area contributed by atoms with E-state index in [4.69, 9.17) is 0 Å². The Hall–Kier alpha value is -1.65. The normalized spacial score (nSPS) is 11.9. The highest BCUT2D eigenvalue weighted by atomic mass is 32.2. The summed E-state index contributed by atoms with van der Waals surface area (Å²) in [5, 5.41) is 2.59. The number of nitrogens with one attached hydrogen (secondary N) is 3. The Morgan fingerprint density at radius 3 is 2.21 bits per heavy atom. The predicted octanol–water partition coefficient (Wildman–Crippen LogP) is 0.507. The number of rotatable bonds is 10. The zero-order chi connectivity index (χ0) is 18.2. The minimum atomic E-state index is -3.36. The van der Waals surface area contributed by atoms with E-state index in [0.29, 0.717) is 17.7 Å². The van der Waals surface area contributed by atoms with E-state index >= 15 is 0 Å². The number of benzene rings is 1. The molecule has 0 saturated carbocycles. The van der Waals surface area contributed by atoms with Crippen molar-refractivity contribution < 1.29 is 21.6 Å². The average molecular weight is 377 g/mol.